The first-order valence-corrected chi connectivity index (χ1v) is 11.0. The number of carbonyl (C=O) groups is 1. The molecule has 0 aliphatic heterocycles. The summed E-state index contributed by atoms with van der Waals surface area (Å²) < 4.78 is 7.96. The first-order valence-electron chi connectivity index (χ1n) is 11.0. The minimum atomic E-state index is -0.259. The Balaban J connectivity index is 1.15. The zero-order valence-electron chi connectivity index (χ0n) is 18.5. The number of nitrogens with one attached hydrogen (secondary N) is 1. The van der Waals surface area contributed by atoms with E-state index in [2.05, 4.69) is 34.8 Å². The van der Waals surface area contributed by atoms with Crippen molar-refractivity contribution in [3.63, 3.8) is 0 Å². The van der Waals surface area contributed by atoms with E-state index in [1.165, 1.54) is 10.8 Å². The first-order chi connectivity index (χ1) is 16.8. The standard InChI is InChI=1S/C29H23N3O2/c33-29(24-12-14-26(15-13-24)32-18-3-4-19-32)31-30-20-22-10-16-27(17-11-22)34-21-25-8-5-7-23-6-1-2-9-28(23)25/h1-20H,21H2,(H,31,33)/b30-20+. The van der Waals surface area contributed by atoms with Gasteiger partial charge < -0.3 is 9.30 Å². The third-order valence-electron chi connectivity index (χ3n) is 5.57. The second kappa shape index (κ2) is 9.88. The molecular weight excluding hydrogens is 422 g/mol. The van der Waals surface area contributed by atoms with E-state index in [4.69, 9.17) is 4.74 Å². The fraction of sp³-hybridized carbons (Fsp3) is 0.0345. The van der Waals surface area contributed by atoms with E-state index in [1.807, 2.05) is 83.7 Å². The fourth-order valence-electron chi connectivity index (χ4n) is 3.75. The van der Waals surface area contributed by atoms with Crippen LogP contribution in [0.1, 0.15) is 21.5 Å². The van der Waals surface area contributed by atoms with E-state index < -0.39 is 0 Å². The lowest BCUT2D eigenvalue weighted by molar-refractivity contribution is 0.0955. The number of ether oxygens (including phenoxy) is 1. The Labute approximate surface area is 197 Å². The lowest BCUT2D eigenvalue weighted by Crippen LogP contribution is -2.17. The number of fused-ring (bicyclic) bond motifs is 1. The minimum absolute atomic E-state index is 0.259. The number of aromatic nitrogens is 1. The van der Waals surface area contributed by atoms with Gasteiger partial charge in [-0.05, 0) is 82.6 Å². The van der Waals surface area contributed by atoms with Crippen LogP contribution in [-0.4, -0.2) is 16.7 Å². The molecule has 0 saturated carbocycles. The van der Waals surface area contributed by atoms with Gasteiger partial charge >= 0.3 is 0 Å². The molecule has 1 heterocycles. The van der Waals surface area contributed by atoms with Gasteiger partial charge in [0, 0.05) is 23.6 Å². The smallest absolute Gasteiger partial charge is 0.271 e. The summed E-state index contributed by atoms with van der Waals surface area (Å²) in [7, 11) is 0. The Kier molecular flexibility index (Phi) is 6.16. The average molecular weight is 446 g/mol. The second-order valence-electron chi connectivity index (χ2n) is 7.83. The predicted octanol–water partition coefficient (Wildman–Crippen LogP) is 5.97. The molecule has 0 atom stereocenters. The number of rotatable bonds is 7. The largest absolute Gasteiger partial charge is 0.489 e. The number of nitrogens with zero attached hydrogens (tertiary/aromatic N) is 2. The van der Waals surface area contributed by atoms with Crippen molar-refractivity contribution >= 4 is 22.9 Å². The molecule has 0 saturated heterocycles. The van der Waals surface area contributed by atoms with Crippen molar-refractivity contribution in [3.8, 4) is 11.4 Å². The number of benzene rings is 4. The van der Waals surface area contributed by atoms with Crippen LogP contribution in [0.5, 0.6) is 5.75 Å². The number of hydrogen-bond acceptors (Lipinski definition) is 3. The third-order valence-corrected chi connectivity index (χ3v) is 5.57. The van der Waals surface area contributed by atoms with Crippen LogP contribution >= 0.6 is 0 Å². The SMILES string of the molecule is O=C(N/N=C/c1ccc(OCc2cccc3ccccc23)cc1)c1ccc(-n2cccc2)cc1. The molecule has 5 nitrogen and oxygen atoms in total. The normalized spacial score (nSPS) is 11.1. The number of carbonyl (C=O) groups excluding carboxylic acids is 1. The van der Waals surface area contributed by atoms with Crippen LogP contribution in [0.4, 0.5) is 0 Å². The Bertz CT molecular complexity index is 1420. The van der Waals surface area contributed by atoms with E-state index in [1.54, 1.807) is 18.3 Å². The van der Waals surface area contributed by atoms with Crippen LogP contribution in [0.2, 0.25) is 0 Å². The monoisotopic (exact) mass is 445 g/mol. The van der Waals surface area contributed by atoms with Gasteiger partial charge in [-0.15, -0.1) is 0 Å². The molecule has 5 heteroatoms. The Morgan fingerprint density at radius 2 is 1.56 bits per heavy atom. The molecule has 1 N–H and O–H groups in total. The molecule has 0 bridgehead atoms. The number of hydrazone groups is 1. The maximum Gasteiger partial charge on any atom is 0.271 e. The molecule has 34 heavy (non-hydrogen) atoms. The highest BCUT2D eigenvalue weighted by atomic mass is 16.5. The van der Waals surface area contributed by atoms with E-state index in [9.17, 15) is 4.79 Å². The van der Waals surface area contributed by atoms with E-state index >= 15 is 0 Å². The van der Waals surface area contributed by atoms with Crippen molar-refractivity contribution in [2.24, 2.45) is 5.10 Å². The summed E-state index contributed by atoms with van der Waals surface area (Å²) in [5.74, 6) is 0.516. The Morgan fingerprint density at radius 1 is 0.824 bits per heavy atom. The molecule has 0 aliphatic carbocycles. The van der Waals surface area contributed by atoms with Gasteiger partial charge in [0.2, 0.25) is 0 Å². The van der Waals surface area contributed by atoms with Crippen molar-refractivity contribution in [1.29, 1.82) is 0 Å². The quantitative estimate of drug-likeness (QED) is 0.248. The van der Waals surface area contributed by atoms with Crippen LogP contribution < -0.4 is 10.2 Å². The highest BCUT2D eigenvalue weighted by Gasteiger charge is 2.05. The third kappa shape index (κ3) is 4.89. The molecule has 166 valence electrons. The van der Waals surface area contributed by atoms with E-state index in [0.717, 1.165) is 22.6 Å². The summed E-state index contributed by atoms with van der Waals surface area (Å²) in [5.41, 5.74) is 6.12. The molecule has 0 spiro atoms. The summed E-state index contributed by atoms with van der Waals surface area (Å²) in [4.78, 5) is 12.3. The van der Waals surface area contributed by atoms with E-state index in [0.29, 0.717) is 12.2 Å². The fourth-order valence-corrected chi connectivity index (χ4v) is 3.75. The van der Waals surface area contributed by atoms with Crippen molar-refractivity contribution in [2.75, 3.05) is 0 Å². The molecule has 1 amide bonds. The van der Waals surface area contributed by atoms with Gasteiger partial charge in [-0.3, -0.25) is 4.79 Å². The maximum atomic E-state index is 12.3. The molecule has 1 aromatic heterocycles. The van der Waals surface area contributed by atoms with Gasteiger partial charge in [-0.1, -0.05) is 42.5 Å². The summed E-state index contributed by atoms with van der Waals surface area (Å²) >= 11 is 0. The topological polar surface area (TPSA) is 55.6 Å². The summed E-state index contributed by atoms with van der Waals surface area (Å²) in [6, 6.07) is 33.4. The van der Waals surface area contributed by atoms with Crippen LogP contribution in [0, 0.1) is 0 Å². The molecular formula is C29H23N3O2. The molecule has 0 aliphatic rings. The molecule has 4 aromatic carbocycles. The van der Waals surface area contributed by atoms with Crippen molar-refractivity contribution in [2.45, 2.75) is 6.61 Å². The lowest BCUT2D eigenvalue weighted by atomic mass is 10.1. The zero-order valence-corrected chi connectivity index (χ0v) is 18.5. The van der Waals surface area contributed by atoms with Gasteiger partial charge in [0.15, 0.2) is 0 Å². The molecule has 5 aromatic rings. The van der Waals surface area contributed by atoms with Crippen LogP contribution in [0.25, 0.3) is 16.5 Å². The second-order valence-corrected chi connectivity index (χ2v) is 7.83. The van der Waals surface area contributed by atoms with Crippen LogP contribution in [0.3, 0.4) is 0 Å². The first kappa shape index (κ1) is 21.2. The summed E-state index contributed by atoms with van der Waals surface area (Å²) in [6.45, 7) is 0.494. The number of hydrogen-bond donors (Lipinski definition) is 1. The van der Waals surface area contributed by atoms with E-state index in [-0.39, 0.29) is 5.91 Å². The molecule has 0 unspecified atom stereocenters. The molecule has 0 fully saturated rings. The van der Waals surface area contributed by atoms with Crippen LogP contribution in [0.15, 0.2) is 121 Å². The van der Waals surface area contributed by atoms with Crippen molar-refractivity contribution in [3.05, 3.63) is 132 Å². The minimum Gasteiger partial charge on any atom is -0.489 e. The Hall–Kier alpha value is -4.64. The number of amides is 1. The predicted molar refractivity (Wildman–Crippen MR) is 136 cm³/mol. The van der Waals surface area contributed by atoms with Crippen molar-refractivity contribution < 1.29 is 9.53 Å². The highest BCUT2D eigenvalue weighted by Crippen LogP contribution is 2.21. The van der Waals surface area contributed by atoms with Gasteiger partial charge in [0.05, 0.1) is 6.21 Å². The molecule has 5 rings (SSSR count). The van der Waals surface area contributed by atoms with Gasteiger partial charge in [0.25, 0.3) is 5.91 Å². The zero-order chi connectivity index (χ0) is 23.2. The van der Waals surface area contributed by atoms with Gasteiger partial charge in [-0.25, -0.2) is 5.43 Å². The Morgan fingerprint density at radius 3 is 2.35 bits per heavy atom. The summed E-state index contributed by atoms with van der Waals surface area (Å²) in [6.07, 6.45) is 5.53. The van der Waals surface area contributed by atoms with Gasteiger partial charge in [-0.2, -0.15) is 5.10 Å². The lowest BCUT2D eigenvalue weighted by Gasteiger charge is -2.09. The molecule has 0 radical (unpaired) electrons. The summed E-state index contributed by atoms with van der Waals surface area (Å²) in [5, 5.41) is 6.48. The van der Waals surface area contributed by atoms with Crippen LogP contribution in [-0.2, 0) is 6.61 Å². The average Bonchev–Trinajstić information content (AvgIpc) is 3.43. The van der Waals surface area contributed by atoms with Gasteiger partial charge in [0.1, 0.15) is 12.4 Å². The highest BCUT2D eigenvalue weighted by molar-refractivity contribution is 5.95. The van der Waals surface area contributed by atoms with Crippen molar-refractivity contribution in [1.82, 2.24) is 9.99 Å². The maximum absolute atomic E-state index is 12.3.